The quantitative estimate of drug-likeness (QED) is 0.710. The van der Waals surface area contributed by atoms with E-state index in [1.807, 2.05) is 0 Å². The van der Waals surface area contributed by atoms with Gasteiger partial charge in [-0.05, 0) is 19.3 Å². The summed E-state index contributed by atoms with van der Waals surface area (Å²) in [6, 6.07) is 0.618. The molecule has 0 bridgehead atoms. The Kier molecular flexibility index (Phi) is 4.63. The highest BCUT2D eigenvalue weighted by atomic mass is 15.2. The number of hydrogen-bond donors (Lipinski definition) is 1. The van der Waals surface area contributed by atoms with E-state index in [0.29, 0.717) is 11.6 Å². The number of nitrogens with zero attached hydrogens (tertiary/aromatic N) is 1. The van der Waals surface area contributed by atoms with Gasteiger partial charge in [0.1, 0.15) is 0 Å². The third-order valence-electron chi connectivity index (χ3n) is 3.85. The molecule has 1 atom stereocenters. The molecule has 0 aromatic rings. The lowest BCUT2D eigenvalue weighted by Gasteiger charge is -2.46. The Balaban J connectivity index is 2.68. The zero-order valence-corrected chi connectivity index (χ0v) is 10.3. The minimum absolute atomic E-state index is 0.294. The summed E-state index contributed by atoms with van der Waals surface area (Å²) in [6.07, 6.45) is 8.98. The molecule has 1 unspecified atom stereocenters. The molecular weight excluding hydrogens is 184 g/mol. The summed E-state index contributed by atoms with van der Waals surface area (Å²) in [5.74, 6) is 2.79. The summed E-state index contributed by atoms with van der Waals surface area (Å²) in [5, 5.41) is 3.71. The van der Waals surface area contributed by atoms with E-state index in [1.165, 1.54) is 19.3 Å². The Bertz CT molecular complexity index is 225. The molecule has 0 aromatic heterocycles. The average Bonchev–Trinajstić information content (AvgIpc) is 2.29. The predicted octanol–water partition coefficient (Wildman–Crippen LogP) is 1.86. The van der Waals surface area contributed by atoms with Gasteiger partial charge in [-0.15, -0.1) is 6.42 Å². The fourth-order valence-corrected chi connectivity index (χ4v) is 2.47. The zero-order chi connectivity index (χ0) is 11.3. The van der Waals surface area contributed by atoms with E-state index in [2.05, 4.69) is 36.9 Å². The first-order valence-corrected chi connectivity index (χ1v) is 6.13. The second kappa shape index (κ2) is 5.53. The number of piperazine rings is 1. The molecule has 2 heteroatoms. The van der Waals surface area contributed by atoms with Crippen LogP contribution in [-0.4, -0.2) is 36.1 Å². The van der Waals surface area contributed by atoms with Crippen LogP contribution < -0.4 is 5.32 Å². The maximum absolute atomic E-state index is 5.44. The van der Waals surface area contributed by atoms with Crippen molar-refractivity contribution < 1.29 is 0 Å². The molecule has 1 aliphatic heterocycles. The zero-order valence-electron chi connectivity index (χ0n) is 10.3. The smallest absolute Gasteiger partial charge is 0.0602 e. The molecule has 1 saturated heterocycles. The van der Waals surface area contributed by atoms with Gasteiger partial charge in [-0.1, -0.05) is 26.7 Å². The SMILES string of the molecule is C#CCN1CC(CC)(CC)NCC1CC. The van der Waals surface area contributed by atoms with Gasteiger partial charge in [0.2, 0.25) is 0 Å². The monoisotopic (exact) mass is 208 g/mol. The number of nitrogens with one attached hydrogen (secondary N) is 1. The van der Waals surface area contributed by atoms with Gasteiger partial charge in [0.05, 0.1) is 6.54 Å². The summed E-state index contributed by atoms with van der Waals surface area (Å²) in [6.45, 7) is 9.74. The topological polar surface area (TPSA) is 15.3 Å². The second-order valence-corrected chi connectivity index (χ2v) is 4.54. The normalized spacial score (nSPS) is 26.1. The van der Waals surface area contributed by atoms with Crippen LogP contribution in [0.25, 0.3) is 0 Å². The second-order valence-electron chi connectivity index (χ2n) is 4.54. The van der Waals surface area contributed by atoms with Gasteiger partial charge in [-0.3, -0.25) is 4.90 Å². The number of hydrogen-bond acceptors (Lipinski definition) is 2. The van der Waals surface area contributed by atoms with Crippen LogP contribution in [0.4, 0.5) is 0 Å². The Morgan fingerprint density at radius 1 is 1.40 bits per heavy atom. The van der Waals surface area contributed by atoms with Crippen molar-refractivity contribution in [3.8, 4) is 12.3 Å². The van der Waals surface area contributed by atoms with Gasteiger partial charge >= 0.3 is 0 Å². The maximum atomic E-state index is 5.44. The highest BCUT2D eigenvalue weighted by Crippen LogP contribution is 2.23. The van der Waals surface area contributed by atoms with E-state index < -0.39 is 0 Å². The van der Waals surface area contributed by atoms with E-state index >= 15 is 0 Å². The van der Waals surface area contributed by atoms with Crippen LogP contribution in [0.3, 0.4) is 0 Å². The Morgan fingerprint density at radius 2 is 2.07 bits per heavy atom. The average molecular weight is 208 g/mol. The molecule has 1 heterocycles. The van der Waals surface area contributed by atoms with Crippen LogP contribution in [0.15, 0.2) is 0 Å². The minimum Gasteiger partial charge on any atom is -0.308 e. The number of terminal acetylenes is 1. The van der Waals surface area contributed by atoms with Gasteiger partial charge < -0.3 is 5.32 Å². The van der Waals surface area contributed by atoms with Gasteiger partial charge in [0.25, 0.3) is 0 Å². The van der Waals surface area contributed by atoms with E-state index in [0.717, 1.165) is 19.6 Å². The molecule has 0 spiro atoms. The summed E-state index contributed by atoms with van der Waals surface area (Å²) >= 11 is 0. The van der Waals surface area contributed by atoms with Gasteiger partial charge in [-0.2, -0.15) is 0 Å². The molecule has 0 radical (unpaired) electrons. The highest BCUT2D eigenvalue weighted by molar-refractivity contribution is 5.00. The molecule has 86 valence electrons. The molecule has 0 saturated carbocycles. The van der Waals surface area contributed by atoms with Crippen molar-refractivity contribution in [1.29, 1.82) is 0 Å². The Labute approximate surface area is 94.4 Å². The van der Waals surface area contributed by atoms with Crippen molar-refractivity contribution in [2.24, 2.45) is 0 Å². The lowest BCUT2D eigenvalue weighted by Crippen LogP contribution is -2.63. The predicted molar refractivity (Wildman–Crippen MR) is 65.8 cm³/mol. The molecule has 1 fully saturated rings. The van der Waals surface area contributed by atoms with E-state index in [4.69, 9.17) is 6.42 Å². The summed E-state index contributed by atoms with van der Waals surface area (Å²) in [4.78, 5) is 2.46. The highest BCUT2D eigenvalue weighted by Gasteiger charge is 2.35. The first-order chi connectivity index (χ1) is 7.21. The van der Waals surface area contributed by atoms with Crippen molar-refractivity contribution in [3.05, 3.63) is 0 Å². The molecule has 1 N–H and O–H groups in total. The minimum atomic E-state index is 0.294. The number of rotatable bonds is 4. The van der Waals surface area contributed by atoms with Crippen LogP contribution in [0.2, 0.25) is 0 Å². The van der Waals surface area contributed by atoms with Crippen molar-refractivity contribution in [1.82, 2.24) is 10.2 Å². The van der Waals surface area contributed by atoms with E-state index in [1.54, 1.807) is 0 Å². The molecule has 0 aromatic carbocycles. The molecule has 1 rings (SSSR count). The van der Waals surface area contributed by atoms with Crippen LogP contribution in [0, 0.1) is 12.3 Å². The van der Waals surface area contributed by atoms with Crippen LogP contribution in [-0.2, 0) is 0 Å². The molecule has 0 aliphatic carbocycles. The van der Waals surface area contributed by atoms with E-state index in [9.17, 15) is 0 Å². The third-order valence-corrected chi connectivity index (χ3v) is 3.85. The standard InChI is InChI=1S/C13H24N2/c1-5-9-15-11-13(7-3,8-4)14-10-12(15)6-2/h1,12,14H,6-11H2,2-4H3. The van der Waals surface area contributed by atoms with Gasteiger partial charge in [0, 0.05) is 24.7 Å². The fourth-order valence-electron chi connectivity index (χ4n) is 2.47. The Morgan fingerprint density at radius 3 is 2.53 bits per heavy atom. The van der Waals surface area contributed by atoms with Crippen molar-refractivity contribution in [2.45, 2.75) is 51.6 Å². The van der Waals surface area contributed by atoms with Crippen molar-refractivity contribution in [2.75, 3.05) is 19.6 Å². The molecule has 15 heavy (non-hydrogen) atoms. The lowest BCUT2D eigenvalue weighted by molar-refractivity contribution is 0.0827. The van der Waals surface area contributed by atoms with Crippen LogP contribution in [0.5, 0.6) is 0 Å². The van der Waals surface area contributed by atoms with Crippen molar-refractivity contribution >= 4 is 0 Å². The Hall–Kier alpha value is -0.520. The lowest BCUT2D eigenvalue weighted by atomic mass is 9.88. The van der Waals surface area contributed by atoms with Gasteiger partial charge in [-0.25, -0.2) is 0 Å². The molecule has 1 aliphatic rings. The van der Waals surface area contributed by atoms with Crippen LogP contribution in [0.1, 0.15) is 40.0 Å². The fraction of sp³-hybridized carbons (Fsp3) is 0.846. The van der Waals surface area contributed by atoms with E-state index in [-0.39, 0.29) is 0 Å². The summed E-state index contributed by atoms with van der Waals surface area (Å²) < 4.78 is 0. The first-order valence-electron chi connectivity index (χ1n) is 6.13. The first kappa shape index (κ1) is 12.5. The molecule has 0 amide bonds. The van der Waals surface area contributed by atoms with Gasteiger partial charge in [0.15, 0.2) is 0 Å². The maximum Gasteiger partial charge on any atom is 0.0602 e. The third kappa shape index (κ3) is 2.74. The largest absolute Gasteiger partial charge is 0.308 e. The summed E-state index contributed by atoms with van der Waals surface area (Å²) in [7, 11) is 0. The summed E-state index contributed by atoms with van der Waals surface area (Å²) in [5.41, 5.74) is 0.294. The van der Waals surface area contributed by atoms with Crippen LogP contribution >= 0.6 is 0 Å². The molecular formula is C13H24N2. The van der Waals surface area contributed by atoms with Crippen molar-refractivity contribution in [3.63, 3.8) is 0 Å². The molecule has 2 nitrogen and oxygen atoms in total.